The Balaban J connectivity index is 6.75. The monoisotopic (exact) mass is 1140 g/mol. The third kappa shape index (κ3) is 29.4. The molecule has 31 nitrogen and oxygen atoms in total. The fourth-order valence-electron chi connectivity index (χ4n) is 7.72. The number of hydrogen-bond acceptors (Lipinski definition) is 15. The zero-order valence-corrected chi connectivity index (χ0v) is 47.5. The molecule has 0 radical (unpaired) electrons. The van der Waals surface area contributed by atoms with E-state index in [4.69, 9.17) is 45.9 Å². The number of carbonyl (C=O) groups excluding carboxylic acids is 9. The zero-order valence-electron chi connectivity index (χ0n) is 47.5. The van der Waals surface area contributed by atoms with Crippen molar-refractivity contribution in [2.24, 2.45) is 84.5 Å². The van der Waals surface area contributed by atoms with Crippen molar-refractivity contribution in [1.29, 1.82) is 0 Å². The van der Waals surface area contributed by atoms with Gasteiger partial charge in [0.25, 0.3) is 0 Å². The van der Waals surface area contributed by atoms with Gasteiger partial charge in [-0.1, -0.05) is 68.2 Å². The summed E-state index contributed by atoms with van der Waals surface area (Å²) in [5, 5.41) is 40.3. The van der Waals surface area contributed by atoms with Crippen LogP contribution < -0.4 is 88.4 Å². The van der Waals surface area contributed by atoms with E-state index in [1.807, 2.05) is 0 Å². The summed E-state index contributed by atoms with van der Waals surface area (Å²) >= 11 is 0. The van der Waals surface area contributed by atoms with Crippen molar-refractivity contribution in [2.75, 3.05) is 26.2 Å². The van der Waals surface area contributed by atoms with Crippen molar-refractivity contribution >= 4 is 77.0 Å². The van der Waals surface area contributed by atoms with Crippen LogP contribution in [0, 0.1) is 23.7 Å². The van der Waals surface area contributed by atoms with Crippen molar-refractivity contribution in [3.05, 3.63) is 0 Å². The first kappa shape index (κ1) is 72.4. The molecule has 26 N–H and O–H groups in total. The number of nitrogens with one attached hydrogen (secondary N) is 8. The molecular weight excluding hydrogens is 1050 g/mol. The summed E-state index contributed by atoms with van der Waals surface area (Å²) in [5.74, 6) is -11.6. The molecule has 0 aliphatic heterocycles. The number of amides is 9. The zero-order chi connectivity index (χ0) is 61.4. The van der Waals surface area contributed by atoms with Crippen LogP contribution in [0.5, 0.6) is 0 Å². The average molecular weight is 1140 g/mol. The molecule has 31 heteroatoms. The molecule has 0 aliphatic rings. The highest BCUT2D eigenvalue weighted by molar-refractivity contribution is 5.99. The molecule has 0 aliphatic carbocycles. The molecule has 0 aromatic rings. The molecule has 80 heavy (non-hydrogen) atoms. The molecule has 0 heterocycles. The summed E-state index contributed by atoms with van der Waals surface area (Å²) in [7, 11) is 0. The molecule has 0 rings (SSSR count). The summed E-state index contributed by atoms with van der Waals surface area (Å²) in [6.07, 6.45) is 0.544. The topological polar surface area (TPSA) is 553 Å². The van der Waals surface area contributed by atoms with Gasteiger partial charge in [0.1, 0.15) is 48.3 Å². The average Bonchev–Trinajstić information content (AvgIpc) is 3.36. The van der Waals surface area contributed by atoms with Gasteiger partial charge in [-0.2, -0.15) is 0 Å². The molecule has 456 valence electrons. The van der Waals surface area contributed by atoms with Gasteiger partial charge in [-0.3, -0.25) is 58.1 Å². The SMILES string of the molecule is CC[C@H](C)[C@H](NC(=O)[C@H](CC(C)C)NC(=O)[C@H](CCCN=C(N)N)NC(=O)[C@H](CC(N)=O)NC(=O)[C@H](CO)NC(=O)[C@H](CC(C)C)NC(=O)[C@@H](N)CCCN=C(N)N)C(=O)N[C@H](C(=O)N[C@@H](CCCN=C(N)N)C(=O)O)[C@@H](C)CC. The van der Waals surface area contributed by atoms with Crippen LogP contribution in [0.4, 0.5) is 0 Å². The van der Waals surface area contributed by atoms with Gasteiger partial charge in [-0.05, 0) is 75.0 Å². The van der Waals surface area contributed by atoms with Crippen molar-refractivity contribution in [1.82, 2.24) is 42.5 Å². The number of aliphatic imine (C=N–C) groups is 3. The summed E-state index contributed by atoms with van der Waals surface area (Å²) in [5.41, 5.74) is 43.9. The van der Waals surface area contributed by atoms with Crippen LogP contribution in [0.15, 0.2) is 15.0 Å². The molecule has 0 fully saturated rings. The number of guanidine groups is 3. The Kier molecular flexibility index (Phi) is 34.5. The van der Waals surface area contributed by atoms with Crippen LogP contribution in [0.2, 0.25) is 0 Å². The molecule has 0 spiro atoms. The molecule has 0 bridgehead atoms. The maximum atomic E-state index is 14.3. The van der Waals surface area contributed by atoms with Crippen LogP contribution in [-0.2, 0) is 47.9 Å². The highest BCUT2D eigenvalue weighted by Crippen LogP contribution is 2.16. The van der Waals surface area contributed by atoms with Crippen molar-refractivity contribution < 1.29 is 58.2 Å². The standard InChI is InChI=1S/C49H93N19O12/c1-9-26(7)36(44(77)62-30(46(79)80)16-13-19-60-49(56)57)68-45(78)37(27(8)10-2)67-42(75)32(21-25(5)6)64-39(72)29(15-12-18-59-48(54)55)61-41(74)33(22-35(51)70)65-43(76)34(23-69)66-40(73)31(20-24(3)4)63-38(71)28(50)14-11-17-58-47(52)53/h24-34,36-37,69H,9-23,50H2,1-8H3,(H2,51,70)(H,61,74)(H,62,77)(H,63,71)(H,64,72)(H,65,76)(H,66,73)(H,67,75)(H,68,78)(H,79,80)(H4,52,53,58)(H4,54,55,59)(H4,56,57,60)/t26-,27-,28-,29-,30-,31-,32-,33-,34-,36-,37-/m0/s1. The lowest BCUT2D eigenvalue weighted by Crippen LogP contribution is -2.62. The number of primary amides is 1. The molecule has 0 unspecified atom stereocenters. The number of carboxylic acid groups (broad SMARTS) is 1. The second-order valence-electron chi connectivity index (χ2n) is 20.5. The maximum absolute atomic E-state index is 14.3. The van der Waals surface area contributed by atoms with Gasteiger partial charge >= 0.3 is 5.97 Å². The fraction of sp³-hybridized carbons (Fsp3) is 0.735. The van der Waals surface area contributed by atoms with Gasteiger partial charge in [-0.15, -0.1) is 0 Å². The van der Waals surface area contributed by atoms with E-state index < -0.39 is 138 Å². The largest absolute Gasteiger partial charge is 0.480 e. The van der Waals surface area contributed by atoms with Gasteiger partial charge in [0, 0.05) is 19.6 Å². The quantitative estimate of drug-likeness (QED) is 0.0155. The molecule has 0 saturated heterocycles. The Bertz CT molecular complexity index is 2130. The molecule has 0 aromatic heterocycles. The lowest BCUT2D eigenvalue weighted by molar-refractivity contribution is -0.143. The first-order valence-corrected chi connectivity index (χ1v) is 26.9. The highest BCUT2D eigenvalue weighted by atomic mass is 16.4. The Morgan fingerprint density at radius 3 is 1.16 bits per heavy atom. The van der Waals surface area contributed by atoms with Crippen LogP contribution in [0.1, 0.15) is 126 Å². The second-order valence-corrected chi connectivity index (χ2v) is 20.5. The van der Waals surface area contributed by atoms with Gasteiger partial charge in [0.05, 0.1) is 19.1 Å². The number of nitrogens with zero attached hydrogens (tertiary/aromatic N) is 3. The number of aliphatic hydroxyl groups is 1. The van der Waals surface area contributed by atoms with Crippen LogP contribution in [-0.4, -0.2) is 168 Å². The van der Waals surface area contributed by atoms with E-state index in [-0.39, 0.29) is 94.3 Å². The number of carboxylic acids is 1. The molecule has 0 aromatic carbocycles. The number of carbonyl (C=O) groups is 10. The van der Waals surface area contributed by atoms with E-state index in [0.29, 0.717) is 19.3 Å². The maximum Gasteiger partial charge on any atom is 0.326 e. The van der Waals surface area contributed by atoms with E-state index in [2.05, 4.69) is 57.5 Å². The van der Waals surface area contributed by atoms with Crippen LogP contribution in [0.3, 0.4) is 0 Å². The highest BCUT2D eigenvalue weighted by Gasteiger charge is 2.37. The van der Waals surface area contributed by atoms with Crippen LogP contribution >= 0.6 is 0 Å². The molecular formula is C49H93N19O12. The lowest BCUT2D eigenvalue weighted by atomic mass is 9.94. The third-order valence-electron chi connectivity index (χ3n) is 12.6. The van der Waals surface area contributed by atoms with E-state index in [9.17, 15) is 58.2 Å². The predicted octanol–water partition coefficient (Wildman–Crippen LogP) is -5.51. The van der Waals surface area contributed by atoms with E-state index in [0.717, 1.165) is 0 Å². The predicted molar refractivity (Wildman–Crippen MR) is 300 cm³/mol. The van der Waals surface area contributed by atoms with Gasteiger partial charge in [0.15, 0.2) is 17.9 Å². The van der Waals surface area contributed by atoms with Crippen LogP contribution in [0.25, 0.3) is 0 Å². The Morgan fingerprint density at radius 1 is 0.425 bits per heavy atom. The van der Waals surface area contributed by atoms with Gasteiger partial charge in [-0.25, -0.2) is 4.79 Å². The number of aliphatic hydroxyl groups excluding tert-OH is 1. The summed E-state index contributed by atoms with van der Waals surface area (Å²) in [6.45, 7) is 13.2. The third-order valence-corrected chi connectivity index (χ3v) is 12.6. The second kappa shape index (κ2) is 38.1. The fourth-order valence-corrected chi connectivity index (χ4v) is 7.72. The number of hydrogen-bond donors (Lipinski definition) is 18. The van der Waals surface area contributed by atoms with Crippen molar-refractivity contribution in [3.63, 3.8) is 0 Å². The normalized spacial score (nSPS) is 15.2. The van der Waals surface area contributed by atoms with E-state index in [1.54, 1.807) is 55.4 Å². The molecule has 9 amide bonds. The van der Waals surface area contributed by atoms with E-state index >= 15 is 0 Å². The smallest absolute Gasteiger partial charge is 0.326 e. The first-order valence-electron chi connectivity index (χ1n) is 26.9. The minimum Gasteiger partial charge on any atom is -0.480 e. The summed E-state index contributed by atoms with van der Waals surface area (Å²) in [6, 6.07) is -12.6. The molecule has 0 saturated carbocycles. The number of aliphatic carboxylic acids is 1. The van der Waals surface area contributed by atoms with Crippen molar-refractivity contribution in [3.8, 4) is 0 Å². The Hall–Kier alpha value is -7.57. The lowest BCUT2D eigenvalue weighted by Gasteiger charge is -2.31. The van der Waals surface area contributed by atoms with Crippen molar-refractivity contribution in [2.45, 2.75) is 180 Å². The minimum absolute atomic E-state index is 0.00256. The Labute approximate surface area is 467 Å². The number of rotatable bonds is 40. The summed E-state index contributed by atoms with van der Waals surface area (Å²) in [4.78, 5) is 147. The minimum atomic E-state index is -1.81. The number of nitrogens with two attached hydrogens (primary N) is 8. The van der Waals surface area contributed by atoms with E-state index in [1.165, 1.54) is 0 Å². The summed E-state index contributed by atoms with van der Waals surface area (Å²) < 4.78 is 0. The molecule has 11 atom stereocenters. The van der Waals surface area contributed by atoms with Gasteiger partial charge < -0.3 is 98.6 Å². The first-order chi connectivity index (χ1) is 37.4. The Morgan fingerprint density at radius 2 is 0.750 bits per heavy atom. The van der Waals surface area contributed by atoms with Gasteiger partial charge in [0.2, 0.25) is 53.2 Å².